The van der Waals surface area contributed by atoms with Gasteiger partial charge in [0.25, 0.3) is 0 Å². The van der Waals surface area contributed by atoms with Gasteiger partial charge in [-0.1, -0.05) is 35.0 Å². The van der Waals surface area contributed by atoms with E-state index in [1.165, 1.54) is 0 Å². The van der Waals surface area contributed by atoms with Gasteiger partial charge in [0.1, 0.15) is 18.1 Å². The number of aromatic nitrogens is 2. The van der Waals surface area contributed by atoms with Crippen LogP contribution in [0.1, 0.15) is 36.1 Å². The van der Waals surface area contributed by atoms with Crippen LogP contribution in [0.5, 0.6) is 5.75 Å². The van der Waals surface area contributed by atoms with Gasteiger partial charge >= 0.3 is 12.1 Å². The zero-order chi connectivity index (χ0) is 22.0. The Bertz CT molecular complexity index is 995. The Morgan fingerprint density at radius 1 is 1.06 bits per heavy atom. The highest BCUT2D eigenvalue weighted by atomic mass is 19.4. The molecule has 1 N–H and O–H groups in total. The second-order valence-electron chi connectivity index (χ2n) is 7.58. The minimum absolute atomic E-state index is 0.00525. The molecule has 1 saturated heterocycles. The van der Waals surface area contributed by atoms with E-state index in [0.717, 1.165) is 24.0 Å². The maximum absolute atomic E-state index is 12.6. The van der Waals surface area contributed by atoms with Gasteiger partial charge in [0.2, 0.25) is 5.82 Å². The van der Waals surface area contributed by atoms with Crippen LogP contribution in [-0.2, 0) is 6.18 Å². The molecule has 4 rings (SSSR count). The number of rotatable bonds is 5. The number of aryl methyl sites for hydroxylation is 1. The summed E-state index contributed by atoms with van der Waals surface area (Å²) in [7, 11) is 0. The van der Waals surface area contributed by atoms with Crippen molar-refractivity contribution in [2.45, 2.75) is 38.3 Å². The van der Waals surface area contributed by atoms with E-state index in [4.69, 9.17) is 4.74 Å². The first-order chi connectivity index (χ1) is 14.8. The topological polar surface area (TPSA) is 71.6 Å². The lowest BCUT2D eigenvalue weighted by molar-refractivity contribution is -0.159. The molecule has 6 nitrogen and oxygen atoms in total. The number of likely N-dealkylation sites (tertiary alicyclic amines) is 1. The molecule has 2 aromatic carbocycles. The molecule has 0 radical (unpaired) electrons. The second kappa shape index (κ2) is 8.68. The van der Waals surface area contributed by atoms with Crippen molar-refractivity contribution in [3.8, 4) is 17.1 Å². The molecular formula is C22H22F3N3O3. The summed E-state index contributed by atoms with van der Waals surface area (Å²) >= 11 is 0. The van der Waals surface area contributed by atoms with Crippen molar-refractivity contribution in [1.29, 1.82) is 0 Å². The summed E-state index contributed by atoms with van der Waals surface area (Å²) in [5.74, 6) is -0.888. The number of aliphatic hydroxyl groups excluding tert-OH is 1. The van der Waals surface area contributed by atoms with Crippen LogP contribution >= 0.6 is 0 Å². The minimum Gasteiger partial charge on any atom is -0.490 e. The monoisotopic (exact) mass is 433 g/mol. The van der Waals surface area contributed by atoms with Gasteiger partial charge in [-0.2, -0.15) is 18.2 Å². The summed E-state index contributed by atoms with van der Waals surface area (Å²) in [5, 5.41) is 14.0. The lowest BCUT2D eigenvalue weighted by Crippen LogP contribution is -2.40. The first-order valence-corrected chi connectivity index (χ1v) is 9.96. The van der Waals surface area contributed by atoms with Crippen molar-refractivity contribution >= 4 is 0 Å². The number of ether oxygens (including phenoxy) is 1. The van der Waals surface area contributed by atoms with Gasteiger partial charge < -0.3 is 14.4 Å². The molecule has 0 amide bonds. The molecule has 1 aliphatic rings. The molecule has 31 heavy (non-hydrogen) atoms. The predicted octanol–water partition coefficient (Wildman–Crippen LogP) is 4.60. The van der Waals surface area contributed by atoms with Gasteiger partial charge in [-0.3, -0.25) is 4.90 Å². The lowest BCUT2D eigenvalue weighted by Gasteiger charge is -2.35. The van der Waals surface area contributed by atoms with Crippen LogP contribution in [0.15, 0.2) is 53.1 Å². The third-order valence-corrected chi connectivity index (χ3v) is 5.28. The number of hydrogen-bond donors (Lipinski definition) is 1. The summed E-state index contributed by atoms with van der Waals surface area (Å²) in [4.78, 5) is 5.39. The fraction of sp³-hybridized carbons (Fsp3) is 0.364. The highest BCUT2D eigenvalue weighted by Gasteiger charge is 2.38. The maximum atomic E-state index is 12.6. The molecule has 164 valence electrons. The van der Waals surface area contributed by atoms with E-state index in [9.17, 15) is 18.3 Å². The van der Waals surface area contributed by atoms with Gasteiger partial charge in [-0.15, -0.1) is 0 Å². The Balaban J connectivity index is 1.31. The van der Waals surface area contributed by atoms with Crippen molar-refractivity contribution in [3.63, 3.8) is 0 Å². The van der Waals surface area contributed by atoms with Crippen LogP contribution in [0.25, 0.3) is 11.4 Å². The van der Waals surface area contributed by atoms with E-state index < -0.39 is 18.3 Å². The smallest absolute Gasteiger partial charge is 0.471 e. The summed E-state index contributed by atoms with van der Waals surface area (Å²) < 4.78 is 48.1. The van der Waals surface area contributed by atoms with Crippen molar-refractivity contribution in [1.82, 2.24) is 15.0 Å². The molecule has 0 spiro atoms. The van der Waals surface area contributed by atoms with Gasteiger partial charge in [0, 0.05) is 18.7 Å². The molecule has 1 atom stereocenters. The van der Waals surface area contributed by atoms with Gasteiger partial charge in [-0.25, -0.2) is 0 Å². The molecule has 0 saturated carbocycles. The van der Waals surface area contributed by atoms with Crippen LogP contribution in [0, 0.1) is 6.92 Å². The molecule has 1 unspecified atom stereocenters. The molecule has 2 heterocycles. The first kappa shape index (κ1) is 21.3. The highest BCUT2D eigenvalue weighted by molar-refractivity contribution is 5.55. The van der Waals surface area contributed by atoms with Gasteiger partial charge in [-0.05, 0) is 49.6 Å². The van der Waals surface area contributed by atoms with E-state index >= 15 is 0 Å². The molecular weight excluding hydrogens is 411 g/mol. The molecule has 9 heteroatoms. The fourth-order valence-corrected chi connectivity index (χ4v) is 3.52. The van der Waals surface area contributed by atoms with Crippen molar-refractivity contribution < 1.29 is 27.5 Å². The zero-order valence-electron chi connectivity index (χ0n) is 16.8. The van der Waals surface area contributed by atoms with Gasteiger partial charge in [0.05, 0.1) is 0 Å². The van der Waals surface area contributed by atoms with Crippen LogP contribution in [0.4, 0.5) is 13.2 Å². The molecule has 3 aromatic rings. The largest absolute Gasteiger partial charge is 0.490 e. The molecule has 0 bridgehead atoms. The third-order valence-electron chi connectivity index (χ3n) is 5.28. The summed E-state index contributed by atoms with van der Waals surface area (Å²) in [6.07, 6.45) is -3.81. The number of alkyl halides is 3. The van der Waals surface area contributed by atoms with E-state index in [1.54, 1.807) is 24.3 Å². The van der Waals surface area contributed by atoms with E-state index in [1.807, 2.05) is 36.1 Å². The molecule has 1 aromatic heterocycles. The normalized spacial score (nSPS) is 16.9. The SMILES string of the molecule is Cc1ccc(C(O)N2CCC(Oc3ccc(-c4noc(C(F)(F)F)n4)cc3)CC2)cc1. The van der Waals surface area contributed by atoms with Crippen molar-refractivity contribution in [2.24, 2.45) is 0 Å². The predicted molar refractivity (Wildman–Crippen MR) is 106 cm³/mol. The van der Waals surface area contributed by atoms with Crippen LogP contribution in [-0.4, -0.2) is 39.3 Å². The Labute approximate surface area is 177 Å². The van der Waals surface area contributed by atoms with Gasteiger partial charge in [0.15, 0.2) is 0 Å². The number of benzene rings is 2. The fourth-order valence-electron chi connectivity index (χ4n) is 3.52. The average molecular weight is 433 g/mol. The number of halogens is 3. The minimum atomic E-state index is -4.67. The summed E-state index contributed by atoms with van der Waals surface area (Å²) in [6.45, 7) is 3.40. The van der Waals surface area contributed by atoms with Crippen molar-refractivity contribution in [2.75, 3.05) is 13.1 Å². The Morgan fingerprint density at radius 3 is 2.29 bits per heavy atom. The first-order valence-electron chi connectivity index (χ1n) is 9.96. The summed E-state index contributed by atoms with van der Waals surface area (Å²) in [5.41, 5.74) is 2.42. The zero-order valence-corrected chi connectivity index (χ0v) is 16.8. The van der Waals surface area contributed by atoms with E-state index in [2.05, 4.69) is 14.7 Å². The maximum Gasteiger partial charge on any atom is 0.471 e. The van der Waals surface area contributed by atoms with Crippen LogP contribution in [0.2, 0.25) is 0 Å². The van der Waals surface area contributed by atoms with Crippen LogP contribution in [0.3, 0.4) is 0 Å². The summed E-state index contributed by atoms with van der Waals surface area (Å²) in [6, 6.07) is 14.4. The highest BCUT2D eigenvalue weighted by Crippen LogP contribution is 2.30. The Morgan fingerprint density at radius 2 is 1.71 bits per heavy atom. The second-order valence-corrected chi connectivity index (χ2v) is 7.58. The third kappa shape index (κ3) is 5.05. The molecule has 1 aliphatic heterocycles. The van der Waals surface area contributed by atoms with E-state index in [0.29, 0.717) is 24.4 Å². The number of hydrogen-bond acceptors (Lipinski definition) is 6. The Kier molecular flexibility index (Phi) is 5.97. The molecule has 0 aliphatic carbocycles. The number of piperidine rings is 1. The Hall–Kier alpha value is -2.91. The number of nitrogens with zero attached hydrogens (tertiary/aromatic N) is 3. The quantitative estimate of drug-likeness (QED) is 0.634. The van der Waals surface area contributed by atoms with Crippen molar-refractivity contribution in [3.05, 3.63) is 65.5 Å². The molecule has 1 fully saturated rings. The lowest BCUT2D eigenvalue weighted by atomic mass is 10.0. The number of aliphatic hydroxyl groups is 1. The average Bonchev–Trinajstić information content (AvgIpc) is 3.26. The van der Waals surface area contributed by atoms with Crippen LogP contribution < -0.4 is 4.74 Å². The standard InChI is InChI=1S/C22H22F3N3O3/c1-14-2-4-16(5-3-14)20(29)28-12-10-18(11-13-28)30-17-8-6-15(7-9-17)19-26-21(31-27-19)22(23,24)25/h2-9,18,20,29H,10-13H2,1H3. The van der Waals surface area contributed by atoms with E-state index in [-0.39, 0.29) is 11.9 Å².